The fourth-order valence-electron chi connectivity index (χ4n) is 6.48. The highest BCUT2D eigenvalue weighted by Crippen LogP contribution is 2.57. The first-order valence-corrected chi connectivity index (χ1v) is 12.0. The summed E-state index contributed by atoms with van der Waals surface area (Å²) in [6, 6.07) is 14.3. The summed E-state index contributed by atoms with van der Waals surface area (Å²) in [6.07, 6.45) is 3.03. The van der Waals surface area contributed by atoms with Crippen molar-refractivity contribution in [2.24, 2.45) is 29.6 Å². The molecule has 0 N–H and O–H groups in total. The number of nitrogens with zero attached hydrogens (tertiary/aromatic N) is 2. The average molecular weight is 459 g/mol. The molecule has 7 nitrogen and oxygen atoms in total. The van der Waals surface area contributed by atoms with Gasteiger partial charge in [-0.2, -0.15) is 0 Å². The second-order valence-corrected chi connectivity index (χ2v) is 10.0. The molecule has 2 bridgehead atoms. The Morgan fingerprint density at radius 1 is 0.941 bits per heavy atom. The molecule has 4 aliphatic rings. The minimum absolute atomic E-state index is 0.0595. The van der Waals surface area contributed by atoms with Gasteiger partial charge in [0.05, 0.1) is 23.4 Å². The van der Waals surface area contributed by atoms with E-state index in [2.05, 4.69) is 0 Å². The van der Waals surface area contributed by atoms with Gasteiger partial charge in [0, 0.05) is 18.7 Å². The number of aryl methyl sites for hydroxylation is 1. The zero-order chi connectivity index (χ0) is 23.6. The van der Waals surface area contributed by atoms with E-state index in [1.165, 1.54) is 4.90 Å². The molecule has 3 amide bonds. The van der Waals surface area contributed by atoms with Crippen LogP contribution in [0.5, 0.6) is 5.75 Å². The van der Waals surface area contributed by atoms with E-state index in [-0.39, 0.29) is 60.1 Å². The molecule has 5 unspecified atom stereocenters. The summed E-state index contributed by atoms with van der Waals surface area (Å²) in [6.45, 7) is 2.19. The van der Waals surface area contributed by atoms with Crippen LogP contribution in [0.25, 0.3) is 0 Å². The number of benzene rings is 2. The molecule has 0 aromatic heterocycles. The Morgan fingerprint density at radius 2 is 1.65 bits per heavy atom. The second-order valence-electron chi connectivity index (χ2n) is 10.0. The van der Waals surface area contributed by atoms with Gasteiger partial charge in [0.2, 0.25) is 17.7 Å². The van der Waals surface area contributed by atoms with Crippen molar-refractivity contribution in [1.82, 2.24) is 0 Å². The minimum atomic E-state index is -0.624. The lowest BCUT2D eigenvalue weighted by Gasteiger charge is -2.21. The molecule has 174 valence electrons. The predicted molar refractivity (Wildman–Crippen MR) is 124 cm³/mol. The molecule has 0 radical (unpaired) electrons. The van der Waals surface area contributed by atoms with Crippen molar-refractivity contribution in [3.05, 3.63) is 54.1 Å². The highest BCUT2D eigenvalue weighted by Gasteiger charge is 2.61. The molecule has 34 heavy (non-hydrogen) atoms. The van der Waals surface area contributed by atoms with Gasteiger partial charge in [0.25, 0.3) is 0 Å². The van der Waals surface area contributed by atoms with E-state index in [0.717, 1.165) is 30.5 Å². The number of rotatable bonds is 4. The zero-order valence-electron chi connectivity index (χ0n) is 19.0. The summed E-state index contributed by atoms with van der Waals surface area (Å²) < 4.78 is 5.72. The van der Waals surface area contributed by atoms with E-state index in [0.29, 0.717) is 5.69 Å². The normalized spacial score (nSPS) is 29.8. The smallest absolute Gasteiger partial charge is 0.316 e. The largest absolute Gasteiger partial charge is 0.424 e. The van der Waals surface area contributed by atoms with Crippen molar-refractivity contribution < 1.29 is 23.9 Å². The van der Waals surface area contributed by atoms with E-state index in [1.807, 2.05) is 31.2 Å². The van der Waals surface area contributed by atoms with E-state index in [4.69, 9.17) is 4.74 Å². The first-order valence-electron chi connectivity index (χ1n) is 12.0. The molecule has 0 spiro atoms. The van der Waals surface area contributed by atoms with E-state index >= 15 is 0 Å². The SMILES string of the molecule is Cc1cccc(N2CC(C(=O)Oc3ccccc3N3C(=O)C4C5CCC(C5)C4C3=O)CC2=O)c1. The van der Waals surface area contributed by atoms with Crippen LogP contribution in [0.2, 0.25) is 0 Å². The Kier molecular flexibility index (Phi) is 4.83. The van der Waals surface area contributed by atoms with Crippen LogP contribution < -0.4 is 14.5 Å². The van der Waals surface area contributed by atoms with Gasteiger partial charge >= 0.3 is 5.97 Å². The molecule has 2 saturated heterocycles. The lowest BCUT2D eigenvalue weighted by molar-refractivity contribution is -0.139. The summed E-state index contributed by atoms with van der Waals surface area (Å²) in [7, 11) is 0. The summed E-state index contributed by atoms with van der Waals surface area (Å²) in [5.74, 6) is -1.38. The molecule has 2 aliphatic carbocycles. The van der Waals surface area contributed by atoms with Crippen molar-refractivity contribution in [2.45, 2.75) is 32.6 Å². The van der Waals surface area contributed by atoms with Crippen LogP contribution in [0.4, 0.5) is 11.4 Å². The third-order valence-electron chi connectivity index (χ3n) is 8.02. The van der Waals surface area contributed by atoms with E-state index in [9.17, 15) is 19.2 Å². The molecule has 2 aliphatic heterocycles. The van der Waals surface area contributed by atoms with Gasteiger partial charge in [0.1, 0.15) is 0 Å². The predicted octanol–water partition coefficient (Wildman–Crippen LogP) is 3.49. The zero-order valence-corrected chi connectivity index (χ0v) is 19.0. The van der Waals surface area contributed by atoms with Crippen LogP contribution >= 0.6 is 0 Å². The van der Waals surface area contributed by atoms with Gasteiger partial charge in [-0.25, -0.2) is 4.90 Å². The summed E-state index contributed by atoms with van der Waals surface area (Å²) in [5, 5.41) is 0. The Hall–Kier alpha value is -3.48. The number of esters is 1. The average Bonchev–Trinajstić information content (AvgIpc) is 3.58. The molecule has 2 heterocycles. The van der Waals surface area contributed by atoms with Crippen molar-refractivity contribution >= 4 is 35.1 Å². The number of hydrogen-bond acceptors (Lipinski definition) is 5. The Morgan fingerprint density at radius 3 is 2.35 bits per heavy atom. The first-order chi connectivity index (χ1) is 16.4. The number of anilines is 2. The van der Waals surface area contributed by atoms with E-state index in [1.54, 1.807) is 29.2 Å². The van der Waals surface area contributed by atoms with Gasteiger partial charge < -0.3 is 9.64 Å². The maximum atomic E-state index is 13.3. The fourth-order valence-corrected chi connectivity index (χ4v) is 6.48. The monoisotopic (exact) mass is 458 g/mol. The van der Waals surface area contributed by atoms with Crippen LogP contribution in [0, 0.1) is 36.5 Å². The van der Waals surface area contributed by atoms with Crippen LogP contribution in [0.3, 0.4) is 0 Å². The third-order valence-corrected chi connectivity index (χ3v) is 8.02. The van der Waals surface area contributed by atoms with Crippen LogP contribution in [-0.2, 0) is 19.2 Å². The quantitative estimate of drug-likeness (QED) is 0.398. The fraction of sp³-hybridized carbons (Fsp3) is 0.407. The Labute approximate surface area is 197 Å². The first kappa shape index (κ1) is 21.1. The number of hydrogen-bond donors (Lipinski definition) is 0. The molecule has 2 aromatic rings. The van der Waals surface area contributed by atoms with Crippen LogP contribution in [0.1, 0.15) is 31.2 Å². The molecule has 2 aromatic carbocycles. The highest BCUT2D eigenvalue weighted by atomic mass is 16.5. The number of para-hydroxylation sites is 2. The lowest BCUT2D eigenvalue weighted by atomic mass is 9.81. The van der Waals surface area contributed by atoms with Crippen LogP contribution in [0.15, 0.2) is 48.5 Å². The van der Waals surface area contributed by atoms with Gasteiger partial charge in [-0.1, -0.05) is 24.3 Å². The molecule has 6 rings (SSSR count). The van der Waals surface area contributed by atoms with Gasteiger partial charge in [-0.15, -0.1) is 0 Å². The molecule has 4 fully saturated rings. The Bertz CT molecular complexity index is 1200. The number of carbonyl (C=O) groups excluding carboxylic acids is 4. The molecule has 2 saturated carbocycles. The van der Waals surface area contributed by atoms with Crippen molar-refractivity contribution in [3.63, 3.8) is 0 Å². The summed E-state index contributed by atoms with van der Waals surface area (Å²) in [4.78, 5) is 55.0. The maximum Gasteiger partial charge on any atom is 0.316 e. The maximum absolute atomic E-state index is 13.3. The Balaban J connectivity index is 1.22. The standard InChI is InChI=1S/C27H26N2O5/c1-15-5-4-6-19(11-15)28-14-18(13-22(28)30)27(33)34-21-8-3-2-7-20(21)29-25(31)23-16-9-10-17(12-16)24(23)26(29)32/h2-8,11,16-18,23-24H,9-10,12-14H2,1H3. The molecule has 7 heteroatoms. The molecular weight excluding hydrogens is 432 g/mol. The summed E-state index contributed by atoms with van der Waals surface area (Å²) in [5.41, 5.74) is 2.11. The van der Waals surface area contributed by atoms with Crippen molar-refractivity contribution in [1.29, 1.82) is 0 Å². The number of amides is 3. The number of fused-ring (bicyclic) bond motifs is 5. The van der Waals surface area contributed by atoms with Gasteiger partial charge in [0.15, 0.2) is 5.75 Å². The topological polar surface area (TPSA) is 84.0 Å². The highest BCUT2D eigenvalue weighted by molar-refractivity contribution is 6.23. The number of ether oxygens (including phenoxy) is 1. The number of carbonyl (C=O) groups is 4. The third kappa shape index (κ3) is 3.17. The second kappa shape index (κ2) is 7.79. The minimum Gasteiger partial charge on any atom is -0.424 e. The summed E-state index contributed by atoms with van der Waals surface area (Å²) >= 11 is 0. The van der Waals surface area contributed by atoms with Crippen molar-refractivity contribution in [2.75, 3.05) is 16.3 Å². The van der Waals surface area contributed by atoms with Crippen molar-refractivity contribution in [3.8, 4) is 5.75 Å². The molecular formula is C27H26N2O5. The van der Waals surface area contributed by atoms with E-state index < -0.39 is 11.9 Å². The lowest BCUT2D eigenvalue weighted by Crippen LogP contribution is -2.33. The van der Waals surface area contributed by atoms with Gasteiger partial charge in [-0.05, 0) is 67.9 Å². The molecule has 5 atom stereocenters. The van der Waals surface area contributed by atoms with Crippen LogP contribution in [-0.4, -0.2) is 30.2 Å². The van der Waals surface area contributed by atoms with Gasteiger partial charge in [-0.3, -0.25) is 19.2 Å². The number of imide groups is 1.